The molecule has 0 bridgehead atoms. The Morgan fingerprint density at radius 3 is 2.95 bits per heavy atom. The maximum absolute atomic E-state index is 13.7. The third-order valence-corrected chi connectivity index (χ3v) is 2.88. The average molecular weight is 279 g/mol. The lowest BCUT2D eigenvalue weighted by Crippen LogP contribution is -2.06. The van der Waals surface area contributed by atoms with Crippen LogP contribution in [-0.2, 0) is 4.74 Å². The predicted molar refractivity (Wildman–Crippen MR) is 68.9 cm³/mol. The third-order valence-electron chi connectivity index (χ3n) is 2.47. The standard InChI is InChI=1S/C13H8ClFN2O2/c1-3-19-13(18)9-6-17-12-8(11(9)14)4-7(16-2)5-10(12)15/h4-6H,3H2,1H3. The summed E-state index contributed by atoms with van der Waals surface area (Å²) in [4.78, 5) is 18.6. The topological polar surface area (TPSA) is 43.5 Å². The van der Waals surface area contributed by atoms with Crippen molar-refractivity contribution < 1.29 is 13.9 Å². The molecule has 0 atom stereocenters. The predicted octanol–water partition coefficient (Wildman–Crippen LogP) is 3.75. The lowest BCUT2D eigenvalue weighted by atomic mass is 10.1. The lowest BCUT2D eigenvalue weighted by molar-refractivity contribution is 0.0526. The van der Waals surface area contributed by atoms with E-state index in [9.17, 15) is 9.18 Å². The number of aromatic nitrogens is 1. The Bertz CT molecular complexity index is 710. The molecule has 19 heavy (non-hydrogen) atoms. The van der Waals surface area contributed by atoms with Gasteiger partial charge in [-0.2, -0.15) is 0 Å². The summed E-state index contributed by atoms with van der Waals surface area (Å²) in [6.07, 6.45) is 1.17. The van der Waals surface area contributed by atoms with Crippen LogP contribution in [0.2, 0.25) is 5.02 Å². The molecule has 2 rings (SSSR count). The highest BCUT2D eigenvalue weighted by atomic mass is 35.5. The van der Waals surface area contributed by atoms with Gasteiger partial charge in [0.2, 0.25) is 0 Å². The van der Waals surface area contributed by atoms with Crippen molar-refractivity contribution >= 4 is 34.2 Å². The Hall–Kier alpha value is -2.19. The number of hydrogen-bond acceptors (Lipinski definition) is 3. The Morgan fingerprint density at radius 2 is 2.32 bits per heavy atom. The fraction of sp³-hybridized carbons (Fsp3) is 0.154. The van der Waals surface area contributed by atoms with Crippen molar-refractivity contribution in [3.8, 4) is 0 Å². The average Bonchev–Trinajstić information content (AvgIpc) is 2.39. The van der Waals surface area contributed by atoms with Crippen LogP contribution < -0.4 is 0 Å². The molecule has 0 aliphatic heterocycles. The summed E-state index contributed by atoms with van der Waals surface area (Å²) in [7, 11) is 0. The zero-order valence-electron chi connectivity index (χ0n) is 9.91. The molecule has 0 fully saturated rings. The van der Waals surface area contributed by atoms with Crippen molar-refractivity contribution in [2.75, 3.05) is 6.61 Å². The van der Waals surface area contributed by atoms with Gasteiger partial charge in [0.05, 0.1) is 23.8 Å². The first kappa shape index (κ1) is 13.2. The molecule has 1 aromatic heterocycles. The number of rotatable bonds is 2. The van der Waals surface area contributed by atoms with Gasteiger partial charge in [0.15, 0.2) is 5.69 Å². The lowest BCUT2D eigenvalue weighted by Gasteiger charge is -2.07. The highest BCUT2D eigenvalue weighted by Crippen LogP contribution is 2.31. The van der Waals surface area contributed by atoms with Crippen LogP contribution in [0.4, 0.5) is 10.1 Å². The second kappa shape index (κ2) is 5.21. The van der Waals surface area contributed by atoms with E-state index in [0.29, 0.717) is 0 Å². The number of hydrogen-bond donors (Lipinski definition) is 0. The molecule has 0 aliphatic carbocycles. The third kappa shape index (κ3) is 2.35. The van der Waals surface area contributed by atoms with Gasteiger partial charge in [0, 0.05) is 11.6 Å². The molecule has 96 valence electrons. The maximum atomic E-state index is 13.7. The molecule has 0 unspecified atom stereocenters. The van der Waals surface area contributed by atoms with E-state index in [2.05, 4.69) is 9.83 Å². The molecule has 0 saturated carbocycles. The van der Waals surface area contributed by atoms with Crippen LogP contribution in [0.3, 0.4) is 0 Å². The number of nitrogens with zero attached hydrogens (tertiary/aromatic N) is 2. The van der Waals surface area contributed by atoms with Crippen LogP contribution >= 0.6 is 11.6 Å². The number of pyridine rings is 1. The first-order valence-electron chi connectivity index (χ1n) is 5.40. The molecular weight excluding hydrogens is 271 g/mol. The van der Waals surface area contributed by atoms with E-state index >= 15 is 0 Å². The van der Waals surface area contributed by atoms with E-state index in [-0.39, 0.29) is 33.8 Å². The number of carbonyl (C=O) groups excluding carboxylic acids is 1. The Morgan fingerprint density at radius 1 is 1.58 bits per heavy atom. The molecule has 2 aromatic rings. The summed E-state index contributed by atoms with van der Waals surface area (Å²) >= 11 is 6.06. The number of benzene rings is 1. The fourth-order valence-corrected chi connectivity index (χ4v) is 1.90. The second-order valence-electron chi connectivity index (χ2n) is 3.64. The number of ether oxygens (including phenoxy) is 1. The summed E-state index contributed by atoms with van der Waals surface area (Å²) in [6.45, 7) is 8.76. The van der Waals surface area contributed by atoms with Crippen molar-refractivity contribution in [1.82, 2.24) is 4.98 Å². The summed E-state index contributed by atoms with van der Waals surface area (Å²) in [5.41, 5.74) is 0.165. The molecule has 0 saturated heterocycles. The van der Waals surface area contributed by atoms with Gasteiger partial charge in [-0.3, -0.25) is 4.98 Å². The molecule has 0 N–H and O–H groups in total. The largest absolute Gasteiger partial charge is 0.462 e. The summed E-state index contributed by atoms with van der Waals surface area (Å²) in [5, 5.41) is 0.256. The van der Waals surface area contributed by atoms with E-state index in [1.54, 1.807) is 6.92 Å². The molecule has 0 spiro atoms. The second-order valence-corrected chi connectivity index (χ2v) is 4.02. The van der Waals surface area contributed by atoms with Gasteiger partial charge < -0.3 is 4.74 Å². The highest BCUT2D eigenvalue weighted by molar-refractivity contribution is 6.38. The van der Waals surface area contributed by atoms with Crippen LogP contribution in [-0.4, -0.2) is 17.6 Å². The Labute approximate surface area is 113 Å². The van der Waals surface area contributed by atoms with Crippen molar-refractivity contribution in [1.29, 1.82) is 0 Å². The van der Waals surface area contributed by atoms with E-state index in [1.165, 1.54) is 12.3 Å². The monoisotopic (exact) mass is 278 g/mol. The number of fused-ring (bicyclic) bond motifs is 1. The summed E-state index contributed by atoms with van der Waals surface area (Å²) < 4.78 is 18.5. The van der Waals surface area contributed by atoms with Crippen molar-refractivity contribution in [2.45, 2.75) is 6.92 Å². The van der Waals surface area contributed by atoms with Gasteiger partial charge in [-0.05, 0) is 19.1 Å². The van der Waals surface area contributed by atoms with Gasteiger partial charge in [0.1, 0.15) is 11.3 Å². The number of halogens is 2. The summed E-state index contributed by atoms with van der Waals surface area (Å²) in [6, 6.07) is 2.46. The minimum Gasteiger partial charge on any atom is -0.462 e. The molecule has 1 aromatic carbocycles. The maximum Gasteiger partial charge on any atom is 0.341 e. The first-order valence-corrected chi connectivity index (χ1v) is 5.78. The first-order chi connectivity index (χ1) is 9.08. The SMILES string of the molecule is [C-]#[N+]c1cc(F)c2ncc(C(=O)OCC)c(Cl)c2c1. The smallest absolute Gasteiger partial charge is 0.341 e. The van der Waals surface area contributed by atoms with Crippen molar-refractivity contribution in [3.63, 3.8) is 0 Å². The zero-order chi connectivity index (χ0) is 14.0. The molecule has 0 aliphatic rings. The van der Waals surface area contributed by atoms with Gasteiger partial charge in [-0.25, -0.2) is 14.0 Å². The van der Waals surface area contributed by atoms with Gasteiger partial charge in [-0.1, -0.05) is 11.6 Å². The van der Waals surface area contributed by atoms with Crippen LogP contribution in [0.1, 0.15) is 17.3 Å². The molecular formula is C13H8ClFN2O2. The van der Waals surface area contributed by atoms with Crippen LogP contribution in [0.5, 0.6) is 0 Å². The van der Waals surface area contributed by atoms with Crippen LogP contribution in [0.15, 0.2) is 18.3 Å². The quantitative estimate of drug-likeness (QED) is 0.620. The minimum atomic E-state index is -0.652. The van der Waals surface area contributed by atoms with Gasteiger partial charge in [0.25, 0.3) is 0 Å². The molecule has 4 nitrogen and oxygen atoms in total. The van der Waals surface area contributed by atoms with Crippen LogP contribution in [0, 0.1) is 12.4 Å². The minimum absolute atomic E-state index is 0.0189. The van der Waals surface area contributed by atoms with Crippen molar-refractivity contribution in [3.05, 3.63) is 46.2 Å². The van der Waals surface area contributed by atoms with E-state index in [1.807, 2.05) is 0 Å². The Balaban J connectivity index is 2.70. The highest BCUT2D eigenvalue weighted by Gasteiger charge is 2.17. The number of carbonyl (C=O) groups is 1. The van der Waals surface area contributed by atoms with E-state index in [4.69, 9.17) is 22.9 Å². The molecule has 6 heteroatoms. The Kier molecular flexibility index (Phi) is 3.63. The van der Waals surface area contributed by atoms with Gasteiger partial charge in [-0.15, -0.1) is 0 Å². The fourth-order valence-electron chi connectivity index (χ4n) is 1.63. The van der Waals surface area contributed by atoms with Crippen LogP contribution in [0.25, 0.3) is 15.7 Å². The summed E-state index contributed by atoms with van der Waals surface area (Å²) in [5.74, 6) is -1.28. The van der Waals surface area contributed by atoms with E-state index < -0.39 is 11.8 Å². The molecule has 0 radical (unpaired) electrons. The van der Waals surface area contributed by atoms with E-state index in [0.717, 1.165) is 6.07 Å². The van der Waals surface area contributed by atoms with Crippen molar-refractivity contribution in [2.24, 2.45) is 0 Å². The molecule has 0 amide bonds. The zero-order valence-corrected chi connectivity index (χ0v) is 10.7. The normalized spacial score (nSPS) is 10.2. The number of esters is 1. The molecule has 1 heterocycles. The van der Waals surface area contributed by atoms with Gasteiger partial charge >= 0.3 is 5.97 Å².